The van der Waals surface area contributed by atoms with Gasteiger partial charge in [0, 0.05) is 21.4 Å². The Hall–Kier alpha value is -1.20. The van der Waals surface area contributed by atoms with E-state index in [9.17, 15) is 4.79 Å². The standard InChI is InChI=1S/C9H8N2OS2/c10-6-5-14-8(4-11-9(6)12)7-2-1-3-13-7/h1-5H,10H2,(H,11,12). The van der Waals surface area contributed by atoms with Crippen molar-refractivity contribution in [1.29, 1.82) is 0 Å². The van der Waals surface area contributed by atoms with Gasteiger partial charge in [-0.1, -0.05) is 17.8 Å². The van der Waals surface area contributed by atoms with E-state index in [1.54, 1.807) is 22.9 Å². The second-order valence-electron chi connectivity index (χ2n) is 2.65. The Morgan fingerprint density at radius 2 is 2.29 bits per heavy atom. The van der Waals surface area contributed by atoms with Crippen LogP contribution in [0.3, 0.4) is 0 Å². The highest BCUT2D eigenvalue weighted by molar-refractivity contribution is 8.11. The summed E-state index contributed by atoms with van der Waals surface area (Å²) in [5, 5.41) is 6.28. The molecule has 1 amide bonds. The third-order valence-electron chi connectivity index (χ3n) is 1.67. The van der Waals surface area contributed by atoms with Gasteiger partial charge in [-0.3, -0.25) is 4.79 Å². The molecule has 3 nitrogen and oxygen atoms in total. The minimum Gasteiger partial charge on any atom is -0.394 e. The Balaban J connectivity index is 2.27. The molecule has 1 aromatic heterocycles. The van der Waals surface area contributed by atoms with Gasteiger partial charge in [0.1, 0.15) is 5.70 Å². The van der Waals surface area contributed by atoms with Crippen LogP contribution in [0.15, 0.2) is 34.8 Å². The van der Waals surface area contributed by atoms with Crippen molar-refractivity contribution in [1.82, 2.24) is 5.32 Å². The minimum absolute atomic E-state index is 0.246. The molecule has 72 valence electrons. The zero-order chi connectivity index (χ0) is 9.97. The fraction of sp³-hybridized carbons (Fsp3) is 0. The van der Waals surface area contributed by atoms with Gasteiger partial charge in [0.15, 0.2) is 0 Å². The van der Waals surface area contributed by atoms with E-state index in [0.717, 1.165) is 9.78 Å². The maximum absolute atomic E-state index is 11.2. The van der Waals surface area contributed by atoms with Crippen LogP contribution >= 0.6 is 23.1 Å². The first-order valence-electron chi connectivity index (χ1n) is 3.94. The third-order valence-corrected chi connectivity index (χ3v) is 3.67. The molecule has 1 aliphatic rings. The zero-order valence-corrected chi connectivity index (χ0v) is 8.82. The first kappa shape index (κ1) is 9.36. The van der Waals surface area contributed by atoms with Gasteiger partial charge in [0.25, 0.3) is 5.91 Å². The topological polar surface area (TPSA) is 55.1 Å². The summed E-state index contributed by atoms with van der Waals surface area (Å²) in [5.41, 5.74) is 5.74. The van der Waals surface area contributed by atoms with Crippen LogP contribution < -0.4 is 11.1 Å². The van der Waals surface area contributed by atoms with Crippen molar-refractivity contribution in [3.8, 4) is 0 Å². The Morgan fingerprint density at radius 1 is 1.43 bits per heavy atom. The van der Waals surface area contributed by atoms with Crippen LogP contribution in [-0.2, 0) is 4.79 Å². The van der Waals surface area contributed by atoms with Crippen LogP contribution in [0, 0.1) is 0 Å². The summed E-state index contributed by atoms with van der Waals surface area (Å²) in [6.07, 6.45) is 1.69. The van der Waals surface area contributed by atoms with Gasteiger partial charge in [-0.05, 0) is 11.4 Å². The zero-order valence-electron chi connectivity index (χ0n) is 7.19. The maximum Gasteiger partial charge on any atom is 0.271 e. The molecule has 1 aliphatic heterocycles. The van der Waals surface area contributed by atoms with E-state index >= 15 is 0 Å². The molecule has 0 saturated carbocycles. The lowest BCUT2D eigenvalue weighted by Crippen LogP contribution is -2.22. The van der Waals surface area contributed by atoms with E-state index in [1.807, 2.05) is 17.5 Å². The van der Waals surface area contributed by atoms with E-state index in [0.29, 0.717) is 0 Å². The monoisotopic (exact) mass is 224 g/mol. The van der Waals surface area contributed by atoms with Gasteiger partial charge < -0.3 is 11.1 Å². The highest BCUT2D eigenvalue weighted by atomic mass is 32.2. The van der Waals surface area contributed by atoms with Crippen LogP contribution in [-0.4, -0.2) is 5.91 Å². The largest absolute Gasteiger partial charge is 0.394 e. The number of amides is 1. The van der Waals surface area contributed by atoms with Crippen molar-refractivity contribution in [3.05, 3.63) is 39.7 Å². The predicted octanol–water partition coefficient (Wildman–Crippen LogP) is 1.71. The molecule has 2 rings (SSSR count). The summed E-state index contributed by atoms with van der Waals surface area (Å²) in [6, 6.07) is 3.98. The molecular weight excluding hydrogens is 216 g/mol. The van der Waals surface area contributed by atoms with Gasteiger partial charge >= 0.3 is 0 Å². The molecule has 14 heavy (non-hydrogen) atoms. The third kappa shape index (κ3) is 1.83. The molecule has 0 fully saturated rings. The van der Waals surface area contributed by atoms with Crippen LogP contribution in [0.5, 0.6) is 0 Å². The number of nitrogens with two attached hydrogens (primary N) is 1. The first-order valence-corrected chi connectivity index (χ1v) is 5.70. The average molecular weight is 224 g/mol. The summed E-state index contributed by atoms with van der Waals surface area (Å²) in [5.74, 6) is -0.246. The summed E-state index contributed by atoms with van der Waals surface area (Å²) in [4.78, 5) is 13.3. The van der Waals surface area contributed by atoms with Crippen LogP contribution in [0.2, 0.25) is 0 Å². The SMILES string of the molecule is NC1=CSC(c2cccs2)=CNC1=O. The second kappa shape index (κ2) is 3.89. The van der Waals surface area contributed by atoms with Gasteiger partial charge in [-0.2, -0.15) is 0 Å². The lowest BCUT2D eigenvalue weighted by molar-refractivity contribution is -0.116. The minimum atomic E-state index is -0.246. The van der Waals surface area contributed by atoms with E-state index in [1.165, 1.54) is 11.8 Å². The molecule has 0 aliphatic carbocycles. The van der Waals surface area contributed by atoms with E-state index in [-0.39, 0.29) is 11.6 Å². The summed E-state index contributed by atoms with van der Waals surface area (Å²) < 4.78 is 0. The van der Waals surface area contributed by atoms with Gasteiger partial charge in [-0.15, -0.1) is 11.3 Å². The van der Waals surface area contributed by atoms with E-state index < -0.39 is 0 Å². The molecule has 1 aromatic rings. The Bertz CT molecular complexity index is 406. The number of hydrogen-bond donors (Lipinski definition) is 2. The molecule has 0 atom stereocenters. The number of carbonyl (C=O) groups is 1. The van der Waals surface area contributed by atoms with Crippen molar-refractivity contribution >= 4 is 33.9 Å². The number of nitrogens with one attached hydrogen (secondary N) is 1. The highest BCUT2D eigenvalue weighted by Crippen LogP contribution is 2.32. The highest BCUT2D eigenvalue weighted by Gasteiger charge is 2.10. The van der Waals surface area contributed by atoms with Crippen LogP contribution in [0.25, 0.3) is 4.91 Å². The lowest BCUT2D eigenvalue weighted by atomic mass is 10.4. The molecule has 0 bridgehead atoms. The summed E-state index contributed by atoms with van der Waals surface area (Å²) in [7, 11) is 0. The van der Waals surface area contributed by atoms with E-state index in [2.05, 4.69) is 5.32 Å². The Labute approximate surface area is 89.7 Å². The fourth-order valence-electron chi connectivity index (χ4n) is 0.977. The summed E-state index contributed by atoms with van der Waals surface area (Å²) in [6.45, 7) is 0. The lowest BCUT2D eigenvalue weighted by Gasteiger charge is -1.97. The molecule has 0 unspecified atom stereocenters. The molecule has 0 aromatic carbocycles. The fourth-order valence-corrected chi connectivity index (χ4v) is 2.57. The van der Waals surface area contributed by atoms with E-state index in [4.69, 9.17) is 5.73 Å². The van der Waals surface area contributed by atoms with Crippen molar-refractivity contribution < 1.29 is 4.79 Å². The van der Waals surface area contributed by atoms with Crippen LogP contribution in [0.4, 0.5) is 0 Å². The second-order valence-corrected chi connectivity index (χ2v) is 4.51. The van der Waals surface area contributed by atoms with Gasteiger partial charge in [0.2, 0.25) is 0 Å². The van der Waals surface area contributed by atoms with Crippen molar-refractivity contribution in [2.45, 2.75) is 0 Å². The molecular formula is C9H8N2OS2. The van der Waals surface area contributed by atoms with Gasteiger partial charge in [0.05, 0.1) is 0 Å². The van der Waals surface area contributed by atoms with Crippen molar-refractivity contribution in [2.24, 2.45) is 5.73 Å². The Kier molecular flexibility index (Phi) is 2.60. The molecule has 2 heterocycles. The number of rotatable bonds is 1. The molecule has 0 saturated heterocycles. The van der Waals surface area contributed by atoms with Gasteiger partial charge in [-0.25, -0.2) is 0 Å². The smallest absolute Gasteiger partial charge is 0.271 e. The molecule has 5 heteroatoms. The number of carbonyl (C=O) groups excluding carboxylic acids is 1. The Morgan fingerprint density at radius 3 is 3.00 bits per heavy atom. The van der Waals surface area contributed by atoms with Crippen molar-refractivity contribution in [3.63, 3.8) is 0 Å². The quantitative estimate of drug-likeness (QED) is 0.763. The van der Waals surface area contributed by atoms with Crippen LogP contribution in [0.1, 0.15) is 4.88 Å². The average Bonchev–Trinajstić information content (AvgIpc) is 2.65. The predicted molar refractivity (Wildman–Crippen MR) is 60.3 cm³/mol. The maximum atomic E-state index is 11.2. The molecule has 3 N–H and O–H groups in total. The first-order chi connectivity index (χ1) is 6.77. The summed E-state index contributed by atoms with van der Waals surface area (Å²) >= 11 is 3.09. The normalized spacial score (nSPS) is 16.7. The number of thioether (sulfide) groups is 1. The number of thiophene rings is 1. The number of hydrogen-bond acceptors (Lipinski definition) is 4. The molecule has 0 radical (unpaired) electrons. The van der Waals surface area contributed by atoms with Crippen molar-refractivity contribution in [2.75, 3.05) is 0 Å². The molecule has 0 spiro atoms.